The van der Waals surface area contributed by atoms with E-state index < -0.39 is 0 Å². The molecule has 2 aromatic rings. The Labute approximate surface area is 166 Å². The van der Waals surface area contributed by atoms with E-state index >= 15 is 0 Å². The van der Waals surface area contributed by atoms with Crippen LogP contribution < -0.4 is 10.6 Å². The average molecular weight is 380 g/mol. The van der Waals surface area contributed by atoms with Crippen LogP contribution in [-0.2, 0) is 4.74 Å². The highest BCUT2D eigenvalue weighted by molar-refractivity contribution is 5.94. The fourth-order valence-corrected chi connectivity index (χ4v) is 3.35. The number of aliphatic imine (C=N–C) groups is 1. The molecule has 6 heteroatoms. The van der Waals surface area contributed by atoms with Crippen molar-refractivity contribution in [2.45, 2.75) is 13.0 Å². The monoisotopic (exact) mass is 380 g/mol. The number of aryl methyl sites for hydroxylation is 1. The molecule has 148 valence electrons. The van der Waals surface area contributed by atoms with Gasteiger partial charge in [0, 0.05) is 32.2 Å². The first-order valence-electron chi connectivity index (χ1n) is 9.65. The van der Waals surface area contributed by atoms with E-state index in [1.54, 1.807) is 19.2 Å². The summed E-state index contributed by atoms with van der Waals surface area (Å²) in [4.78, 5) is 18.7. The topological polar surface area (TPSA) is 66.0 Å². The summed E-state index contributed by atoms with van der Waals surface area (Å²) in [5.74, 6) is 0.763. The van der Waals surface area contributed by atoms with Crippen LogP contribution in [0.1, 0.15) is 27.6 Å². The molecule has 1 saturated heterocycles. The first-order valence-corrected chi connectivity index (χ1v) is 9.65. The Bertz CT molecular complexity index is 807. The second-order valence-corrected chi connectivity index (χ2v) is 6.76. The summed E-state index contributed by atoms with van der Waals surface area (Å²) in [7, 11) is 1.78. The summed E-state index contributed by atoms with van der Waals surface area (Å²) in [5, 5.41) is 6.26. The molecule has 1 amide bonds. The van der Waals surface area contributed by atoms with Crippen molar-refractivity contribution in [1.82, 2.24) is 15.5 Å². The van der Waals surface area contributed by atoms with Crippen LogP contribution in [0.2, 0.25) is 0 Å². The lowest BCUT2D eigenvalue weighted by molar-refractivity contribution is -0.00829. The molecule has 3 rings (SSSR count). The molecule has 1 unspecified atom stereocenters. The van der Waals surface area contributed by atoms with Crippen molar-refractivity contribution in [1.29, 1.82) is 0 Å². The van der Waals surface area contributed by atoms with Crippen molar-refractivity contribution in [3.63, 3.8) is 0 Å². The minimum absolute atomic E-state index is 0.0336. The quantitative estimate of drug-likeness (QED) is 0.475. The van der Waals surface area contributed by atoms with E-state index in [-0.39, 0.29) is 12.0 Å². The summed E-state index contributed by atoms with van der Waals surface area (Å²) in [5.41, 5.74) is 3.12. The lowest BCUT2D eigenvalue weighted by Gasteiger charge is -2.35. The maximum Gasteiger partial charge on any atom is 0.251 e. The number of hydrogen-bond acceptors (Lipinski definition) is 3. The Morgan fingerprint density at radius 2 is 1.82 bits per heavy atom. The van der Waals surface area contributed by atoms with Gasteiger partial charge in [0.15, 0.2) is 5.96 Å². The van der Waals surface area contributed by atoms with E-state index in [9.17, 15) is 4.79 Å². The number of carbonyl (C=O) groups excluding carboxylic acids is 1. The van der Waals surface area contributed by atoms with E-state index in [1.807, 2.05) is 30.3 Å². The summed E-state index contributed by atoms with van der Waals surface area (Å²) in [6.45, 7) is 5.44. The van der Waals surface area contributed by atoms with Gasteiger partial charge in [-0.3, -0.25) is 9.79 Å². The van der Waals surface area contributed by atoms with Gasteiger partial charge in [0.25, 0.3) is 5.91 Å². The van der Waals surface area contributed by atoms with Gasteiger partial charge in [-0.2, -0.15) is 0 Å². The molecule has 0 bridgehead atoms. The molecule has 1 heterocycles. The highest BCUT2D eigenvalue weighted by atomic mass is 16.5. The van der Waals surface area contributed by atoms with Crippen molar-refractivity contribution >= 4 is 11.9 Å². The molecule has 1 aliphatic rings. The van der Waals surface area contributed by atoms with E-state index in [0.717, 1.165) is 19.0 Å². The van der Waals surface area contributed by atoms with Crippen molar-refractivity contribution in [2.24, 2.45) is 4.99 Å². The molecule has 6 nitrogen and oxygen atoms in total. The number of amides is 1. The van der Waals surface area contributed by atoms with Crippen LogP contribution in [0.5, 0.6) is 0 Å². The molecule has 2 aromatic carbocycles. The fraction of sp³-hybridized carbons (Fsp3) is 0.364. The van der Waals surface area contributed by atoms with E-state index in [2.05, 4.69) is 39.6 Å². The lowest BCUT2D eigenvalue weighted by Crippen LogP contribution is -2.49. The minimum atomic E-state index is -0.0663. The van der Waals surface area contributed by atoms with Gasteiger partial charge in [-0.05, 0) is 30.2 Å². The van der Waals surface area contributed by atoms with Crippen LogP contribution in [0.4, 0.5) is 0 Å². The van der Waals surface area contributed by atoms with Crippen LogP contribution >= 0.6 is 0 Å². The number of nitrogens with zero attached hydrogens (tertiary/aromatic N) is 2. The molecule has 0 spiro atoms. The summed E-state index contributed by atoms with van der Waals surface area (Å²) < 4.78 is 5.99. The van der Waals surface area contributed by atoms with Crippen LogP contribution in [0, 0.1) is 6.92 Å². The maximum absolute atomic E-state index is 12.1. The Morgan fingerprint density at radius 1 is 1.11 bits per heavy atom. The van der Waals surface area contributed by atoms with Crippen LogP contribution in [0.15, 0.2) is 59.6 Å². The molecule has 0 saturated carbocycles. The highest BCUT2D eigenvalue weighted by Gasteiger charge is 2.24. The third-order valence-corrected chi connectivity index (χ3v) is 4.84. The average Bonchev–Trinajstić information content (AvgIpc) is 2.74. The second-order valence-electron chi connectivity index (χ2n) is 6.76. The van der Waals surface area contributed by atoms with Crippen LogP contribution in [0.25, 0.3) is 0 Å². The summed E-state index contributed by atoms with van der Waals surface area (Å²) in [6, 6.07) is 17.6. The molecule has 0 radical (unpaired) electrons. The molecule has 0 aromatic heterocycles. The number of benzene rings is 2. The van der Waals surface area contributed by atoms with Gasteiger partial charge in [-0.1, -0.05) is 42.5 Å². The summed E-state index contributed by atoms with van der Waals surface area (Å²) in [6.07, 6.45) is 0.0336. The van der Waals surface area contributed by atoms with Gasteiger partial charge < -0.3 is 20.3 Å². The van der Waals surface area contributed by atoms with Gasteiger partial charge in [-0.25, -0.2) is 0 Å². The van der Waals surface area contributed by atoms with Crippen LogP contribution in [-0.4, -0.2) is 56.6 Å². The first-order chi connectivity index (χ1) is 13.7. The van der Waals surface area contributed by atoms with Gasteiger partial charge in [-0.15, -0.1) is 0 Å². The number of carbonyl (C=O) groups is 1. The lowest BCUT2D eigenvalue weighted by atomic mass is 10.0. The Kier molecular flexibility index (Phi) is 7.03. The predicted octanol–water partition coefficient (Wildman–Crippen LogP) is 2.37. The normalized spacial score (nSPS) is 17.3. The largest absolute Gasteiger partial charge is 0.370 e. The Hall–Kier alpha value is -2.86. The van der Waals surface area contributed by atoms with Crippen molar-refractivity contribution in [3.8, 4) is 0 Å². The van der Waals surface area contributed by atoms with E-state index in [1.165, 1.54) is 11.1 Å². The summed E-state index contributed by atoms with van der Waals surface area (Å²) >= 11 is 0. The Balaban J connectivity index is 1.49. The van der Waals surface area contributed by atoms with Crippen molar-refractivity contribution in [3.05, 3.63) is 71.3 Å². The van der Waals surface area contributed by atoms with Gasteiger partial charge in [0.05, 0.1) is 13.2 Å². The van der Waals surface area contributed by atoms with E-state index in [0.29, 0.717) is 25.3 Å². The van der Waals surface area contributed by atoms with Crippen molar-refractivity contribution in [2.75, 3.05) is 39.8 Å². The van der Waals surface area contributed by atoms with Gasteiger partial charge in [0.1, 0.15) is 6.10 Å². The number of ether oxygens (including phenoxy) is 1. The number of rotatable bonds is 5. The zero-order chi connectivity index (χ0) is 19.8. The fourth-order valence-electron chi connectivity index (χ4n) is 3.35. The SMILES string of the molecule is CN=C(NCCNC(=O)c1ccccc1)N1CCOC(c2ccccc2C)C1. The van der Waals surface area contributed by atoms with Gasteiger partial charge >= 0.3 is 0 Å². The maximum atomic E-state index is 12.1. The van der Waals surface area contributed by atoms with Crippen LogP contribution in [0.3, 0.4) is 0 Å². The molecular weight excluding hydrogens is 352 g/mol. The number of morpholine rings is 1. The number of guanidine groups is 1. The van der Waals surface area contributed by atoms with Gasteiger partial charge in [0.2, 0.25) is 0 Å². The molecular formula is C22H28N4O2. The minimum Gasteiger partial charge on any atom is -0.370 e. The molecule has 0 aliphatic carbocycles. The third-order valence-electron chi connectivity index (χ3n) is 4.84. The zero-order valence-corrected chi connectivity index (χ0v) is 16.5. The zero-order valence-electron chi connectivity index (χ0n) is 16.5. The molecule has 1 fully saturated rings. The van der Waals surface area contributed by atoms with Crippen molar-refractivity contribution < 1.29 is 9.53 Å². The highest BCUT2D eigenvalue weighted by Crippen LogP contribution is 2.24. The molecule has 28 heavy (non-hydrogen) atoms. The first kappa shape index (κ1) is 19.9. The molecule has 1 atom stereocenters. The smallest absolute Gasteiger partial charge is 0.251 e. The Morgan fingerprint density at radius 3 is 2.57 bits per heavy atom. The second kappa shape index (κ2) is 9.90. The molecule has 1 aliphatic heterocycles. The number of nitrogens with one attached hydrogen (secondary N) is 2. The van der Waals surface area contributed by atoms with E-state index in [4.69, 9.17) is 4.74 Å². The number of hydrogen-bond donors (Lipinski definition) is 2. The third kappa shape index (κ3) is 5.10. The standard InChI is InChI=1S/C22H28N4O2/c1-17-8-6-7-11-19(17)20-16-26(14-15-28-20)22(23-2)25-13-12-24-21(27)18-9-4-3-5-10-18/h3-11,20H,12-16H2,1-2H3,(H,23,25)(H,24,27). The molecule has 2 N–H and O–H groups in total. The predicted molar refractivity (Wildman–Crippen MR) is 112 cm³/mol.